The zero-order valence-electron chi connectivity index (χ0n) is 19.6. The van der Waals surface area contributed by atoms with Gasteiger partial charge in [0.05, 0.1) is 32.0 Å². The molecule has 0 saturated carbocycles. The number of amides is 1. The minimum Gasteiger partial charge on any atom is -0.497 e. The van der Waals surface area contributed by atoms with Gasteiger partial charge in [-0.2, -0.15) is 0 Å². The van der Waals surface area contributed by atoms with Crippen LogP contribution in [0.15, 0.2) is 72.8 Å². The van der Waals surface area contributed by atoms with Crippen molar-refractivity contribution in [2.24, 2.45) is 0 Å². The number of benzene rings is 3. The Bertz CT molecular complexity index is 1200. The number of hydrogen-bond donors (Lipinski definition) is 0. The summed E-state index contributed by atoms with van der Waals surface area (Å²) < 4.78 is 21.1. The highest BCUT2D eigenvalue weighted by Gasteiger charge is 2.51. The molecule has 1 amide bonds. The number of anilines is 1. The summed E-state index contributed by atoms with van der Waals surface area (Å²) in [5, 5.41) is 0. The Morgan fingerprint density at radius 3 is 1.94 bits per heavy atom. The Morgan fingerprint density at radius 1 is 0.800 bits per heavy atom. The zero-order chi connectivity index (χ0) is 24.9. The molecule has 0 N–H and O–H groups in total. The van der Waals surface area contributed by atoms with E-state index < -0.39 is 24.1 Å². The molecule has 1 fully saturated rings. The third kappa shape index (κ3) is 4.82. The number of β-lactam (4-membered cyclic amide) rings is 1. The first-order valence-corrected chi connectivity index (χ1v) is 11.1. The van der Waals surface area contributed by atoms with Gasteiger partial charge in [0.1, 0.15) is 17.5 Å². The van der Waals surface area contributed by atoms with Gasteiger partial charge in [-0.25, -0.2) is 9.59 Å². The van der Waals surface area contributed by atoms with Gasteiger partial charge in [0.2, 0.25) is 6.10 Å². The summed E-state index contributed by atoms with van der Waals surface area (Å²) in [6.07, 6.45) is -0.780. The molecule has 1 aliphatic heterocycles. The van der Waals surface area contributed by atoms with E-state index >= 15 is 0 Å². The first-order valence-electron chi connectivity index (χ1n) is 11.1. The lowest BCUT2D eigenvalue weighted by Gasteiger charge is -2.46. The number of ether oxygens (including phenoxy) is 4. The van der Waals surface area contributed by atoms with Gasteiger partial charge in [0.15, 0.2) is 0 Å². The highest BCUT2D eigenvalue weighted by molar-refractivity contribution is 6.05. The lowest BCUT2D eigenvalue weighted by molar-refractivity contribution is -0.135. The van der Waals surface area contributed by atoms with Gasteiger partial charge in [-0.05, 0) is 73.2 Å². The van der Waals surface area contributed by atoms with E-state index in [-0.39, 0.29) is 12.5 Å². The van der Waals surface area contributed by atoms with Gasteiger partial charge in [-0.15, -0.1) is 0 Å². The van der Waals surface area contributed by atoms with Crippen LogP contribution in [0.4, 0.5) is 5.69 Å². The number of hydrogen-bond acceptors (Lipinski definition) is 7. The van der Waals surface area contributed by atoms with Crippen LogP contribution in [0.2, 0.25) is 0 Å². The zero-order valence-corrected chi connectivity index (χ0v) is 19.6. The molecule has 2 atom stereocenters. The van der Waals surface area contributed by atoms with E-state index in [9.17, 15) is 14.4 Å². The Balaban J connectivity index is 1.64. The van der Waals surface area contributed by atoms with Gasteiger partial charge in [-0.1, -0.05) is 12.1 Å². The van der Waals surface area contributed by atoms with Gasteiger partial charge in [0, 0.05) is 5.69 Å². The van der Waals surface area contributed by atoms with Crippen molar-refractivity contribution in [1.29, 1.82) is 0 Å². The van der Waals surface area contributed by atoms with Gasteiger partial charge in [-0.3, -0.25) is 9.69 Å². The average molecular weight is 475 g/mol. The normalized spacial score (nSPS) is 16.8. The quantitative estimate of drug-likeness (QED) is 0.356. The molecule has 0 unspecified atom stereocenters. The summed E-state index contributed by atoms with van der Waals surface area (Å²) in [5.41, 5.74) is 2.19. The molecule has 0 bridgehead atoms. The SMILES string of the molecule is CCOC(=O)c1ccc(N2C(=O)[C@H](Oc3ccc(OC)cc3)[C@@H]2c2ccc(C(=O)OC)cc2)cc1. The Labute approximate surface area is 203 Å². The van der Waals surface area contributed by atoms with Crippen LogP contribution in [0.25, 0.3) is 0 Å². The maximum atomic E-state index is 13.2. The van der Waals surface area contributed by atoms with Crippen LogP contribution in [0.5, 0.6) is 11.5 Å². The summed E-state index contributed by atoms with van der Waals surface area (Å²) in [4.78, 5) is 38.7. The summed E-state index contributed by atoms with van der Waals surface area (Å²) in [6.45, 7) is 2.02. The summed E-state index contributed by atoms with van der Waals surface area (Å²) in [7, 11) is 2.89. The van der Waals surface area contributed by atoms with Crippen molar-refractivity contribution in [2.75, 3.05) is 25.7 Å². The maximum absolute atomic E-state index is 13.2. The van der Waals surface area contributed by atoms with Crippen LogP contribution in [0.3, 0.4) is 0 Å². The van der Waals surface area contributed by atoms with Crippen molar-refractivity contribution in [3.8, 4) is 11.5 Å². The molecule has 8 nitrogen and oxygen atoms in total. The van der Waals surface area contributed by atoms with Gasteiger partial charge in [0.25, 0.3) is 5.91 Å². The third-order valence-corrected chi connectivity index (χ3v) is 5.70. The second kappa shape index (κ2) is 10.3. The van der Waals surface area contributed by atoms with E-state index in [1.54, 1.807) is 91.7 Å². The highest BCUT2D eigenvalue weighted by atomic mass is 16.5. The van der Waals surface area contributed by atoms with Gasteiger partial charge >= 0.3 is 11.9 Å². The molecule has 3 aromatic carbocycles. The Kier molecular flexibility index (Phi) is 7.01. The molecule has 4 rings (SSSR count). The fourth-order valence-electron chi connectivity index (χ4n) is 3.90. The fraction of sp³-hybridized carbons (Fsp3) is 0.222. The number of carbonyl (C=O) groups is 3. The molecule has 8 heteroatoms. The van der Waals surface area contributed by atoms with E-state index in [4.69, 9.17) is 18.9 Å². The molecule has 1 aliphatic rings. The summed E-state index contributed by atoms with van der Waals surface area (Å²) in [6, 6.07) is 20.0. The van der Waals surface area contributed by atoms with Gasteiger partial charge < -0.3 is 18.9 Å². The van der Waals surface area contributed by atoms with E-state index in [1.165, 1.54) is 7.11 Å². The minimum absolute atomic E-state index is 0.230. The average Bonchev–Trinajstić information content (AvgIpc) is 2.90. The molecular weight excluding hydrogens is 450 g/mol. The molecule has 35 heavy (non-hydrogen) atoms. The predicted molar refractivity (Wildman–Crippen MR) is 128 cm³/mol. The molecule has 0 spiro atoms. The molecule has 3 aromatic rings. The van der Waals surface area contributed by atoms with Crippen molar-refractivity contribution in [3.05, 3.63) is 89.5 Å². The second-order valence-corrected chi connectivity index (χ2v) is 7.75. The standard InChI is InChI=1S/C27H25NO7/c1-4-34-27(31)19-9-11-20(12-10-19)28-23(17-5-7-18(8-6-17)26(30)33-3)24(25(28)29)35-22-15-13-21(32-2)14-16-22/h5-16,23-24H,4H2,1-3H3/t23-,24+/m0/s1. The molecule has 0 aliphatic carbocycles. The van der Waals surface area contributed by atoms with Crippen molar-refractivity contribution in [2.45, 2.75) is 19.1 Å². The Morgan fingerprint density at radius 2 is 1.37 bits per heavy atom. The monoisotopic (exact) mass is 475 g/mol. The van der Waals surface area contributed by atoms with Crippen molar-refractivity contribution < 1.29 is 33.3 Å². The second-order valence-electron chi connectivity index (χ2n) is 7.75. The highest BCUT2D eigenvalue weighted by Crippen LogP contribution is 2.41. The lowest BCUT2D eigenvalue weighted by atomic mass is 9.89. The Hall–Kier alpha value is -4.33. The number of nitrogens with zero attached hydrogens (tertiary/aromatic N) is 1. The van der Waals surface area contributed by atoms with Crippen molar-refractivity contribution in [3.63, 3.8) is 0 Å². The first kappa shape index (κ1) is 23.8. The van der Waals surface area contributed by atoms with E-state index in [2.05, 4.69) is 0 Å². The molecule has 180 valence electrons. The topological polar surface area (TPSA) is 91.4 Å². The van der Waals surface area contributed by atoms with E-state index in [0.29, 0.717) is 28.3 Å². The van der Waals surface area contributed by atoms with Crippen LogP contribution in [-0.4, -0.2) is 44.8 Å². The maximum Gasteiger partial charge on any atom is 0.338 e. The van der Waals surface area contributed by atoms with Crippen LogP contribution in [0.1, 0.15) is 39.2 Å². The summed E-state index contributed by atoms with van der Waals surface area (Å²) >= 11 is 0. The van der Waals surface area contributed by atoms with E-state index in [1.807, 2.05) is 0 Å². The molecule has 1 saturated heterocycles. The fourth-order valence-corrected chi connectivity index (χ4v) is 3.90. The van der Waals surface area contributed by atoms with Crippen molar-refractivity contribution in [1.82, 2.24) is 0 Å². The number of rotatable bonds is 8. The van der Waals surface area contributed by atoms with E-state index in [0.717, 1.165) is 5.56 Å². The largest absolute Gasteiger partial charge is 0.497 e. The van der Waals surface area contributed by atoms with Crippen LogP contribution >= 0.6 is 0 Å². The predicted octanol–water partition coefficient (Wildman–Crippen LogP) is 4.19. The first-order chi connectivity index (χ1) is 17.0. The van der Waals surface area contributed by atoms with Crippen molar-refractivity contribution >= 4 is 23.5 Å². The number of methoxy groups -OCH3 is 2. The number of esters is 2. The minimum atomic E-state index is -0.780. The smallest absolute Gasteiger partial charge is 0.338 e. The van der Waals surface area contributed by atoms with Crippen LogP contribution in [-0.2, 0) is 14.3 Å². The van der Waals surface area contributed by atoms with Crippen LogP contribution in [0, 0.1) is 0 Å². The molecular formula is C27H25NO7. The molecule has 0 aromatic heterocycles. The number of carbonyl (C=O) groups excluding carboxylic acids is 3. The molecule has 1 heterocycles. The molecule has 0 radical (unpaired) electrons. The lowest BCUT2D eigenvalue weighted by Crippen LogP contribution is -2.61. The third-order valence-electron chi connectivity index (χ3n) is 5.70. The van der Waals surface area contributed by atoms with Crippen LogP contribution < -0.4 is 14.4 Å². The summed E-state index contributed by atoms with van der Waals surface area (Å²) in [5.74, 6) is 0.100.